The summed E-state index contributed by atoms with van der Waals surface area (Å²) in [5, 5.41) is 20.2. The highest BCUT2D eigenvalue weighted by molar-refractivity contribution is 6.33. The van der Waals surface area contributed by atoms with E-state index >= 15 is 0 Å². The Morgan fingerprint density at radius 3 is 2.63 bits per heavy atom. The molecule has 0 saturated carbocycles. The highest BCUT2D eigenvalue weighted by Crippen LogP contribution is 2.37. The van der Waals surface area contributed by atoms with Crippen molar-refractivity contribution >= 4 is 17.3 Å². The molecule has 0 amide bonds. The summed E-state index contributed by atoms with van der Waals surface area (Å²) in [6.45, 7) is 1.79. The van der Waals surface area contributed by atoms with E-state index in [1.54, 1.807) is 31.2 Å². The molecule has 0 aliphatic carbocycles. The van der Waals surface area contributed by atoms with Crippen molar-refractivity contribution in [3.8, 4) is 17.2 Å². The Morgan fingerprint density at radius 2 is 2.05 bits per heavy atom. The Kier molecular flexibility index (Phi) is 3.50. The van der Waals surface area contributed by atoms with Crippen LogP contribution in [0.5, 0.6) is 0 Å². The van der Waals surface area contributed by atoms with Gasteiger partial charge in [0.2, 0.25) is 0 Å². The first-order chi connectivity index (χ1) is 9.04. The zero-order valence-electron chi connectivity index (χ0n) is 10.1. The molecular weight excluding hydrogens is 264 g/mol. The van der Waals surface area contributed by atoms with Gasteiger partial charge < -0.3 is 0 Å². The molecule has 0 aliphatic rings. The van der Waals surface area contributed by atoms with Crippen LogP contribution in [0.15, 0.2) is 36.4 Å². The summed E-state index contributed by atoms with van der Waals surface area (Å²) in [7, 11) is 0. The molecule has 2 aromatic rings. The highest BCUT2D eigenvalue weighted by Gasteiger charge is 2.19. The van der Waals surface area contributed by atoms with E-state index in [4.69, 9.17) is 16.9 Å². The standard InChI is InChI=1S/C14H9ClN2O2/c1-9-3-2-4-13(17(18)19)14(9)11-6-5-10(8-16)7-12(11)15/h2-7H,1H3. The zero-order chi connectivity index (χ0) is 14.0. The van der Waals surface area contributed by atoms with Crippen molar-refractivity contribution < 1.29 is 4.92 Å². The lowest BCUT2D eigenvalue weighted by Crippen LogP contribution is -1.95. The van der Waals surface area contributed by atoms with Crippen LogP contribution in [-0.4, -0.2) is 4.92 Å². The molecule has 0 bridgehead atoms. The summed E-state index contributed by atoms with van der Waals surface area (Å²) >= 11 is 6.12. The fourth-order valence-corrected chi connectivity index (χ4v) is 2.22. The van der Waals surface area contributed by atoms with E-state index in [0.29, 0.717) is 21.7 Å². The smallest absolute Gasteiger partial charge is 0.258 e. The van der Waals surface area contributed by atoms with Gasteiger partial charge in [0.15, 0.2) is 0 Å². The van der Waals surface area contributed by atoms with Gasteiger partial charge in [-0.15, -0.1) is 0 Å². The van der Waals surface area contributed by atoms with Gasteiger partial charge in [-0.2, -0.15) is 5.26 Å². The van der Waals surface area contributed by atoms with Crippen LogP contribution in [0.3, 0.4) is 0 Å². The van der Waals surface area contributed by atoms with Crippen LogP contribution >= 0.6 is 11.6 Å². The lowest BCUT2D eigenvalue weighted by molar-refractivity contribution is -0.384. The zero-order valence-corrected chi connectivity index (χ0v) is 10.8. The first kappa shape index (κ1) is 13.1. The van der Waals surface area contributed by atoms with Gasteiger partial charge in [0, 0.05) is 16.7 Å². The topological polar surface area (TPSA) is 66.9 Å². The van der Waals surface area contributed by atoms with Crippen LogP contribution in [0.25, 0.3) is 11.1 Å². The molecule has 0 aromatic heterocycles. The number of nitro benzene ring substituents is 1. The summed E-state index contributed by atoms with van der Waals surface area (Å²) in [6.07, 6.45) is 0. The molecule has 0 heterocycles. The first-order valence-corrected chi connectivity index (χ1v) is 5.86. The summed E-state index contributed by atoms with van der Waals surface area (Å²) in [5.74, 6) is 0. The van der Waals surface area contributed by atoms with E-state index in [1.165, 1.54) is 12.1 Å². The molecule has 0 aliphatic heterocycles. The van der Waals surface area contributed by atoms with Crippen LogP contribution in [0.4, 0.5) is 5.69 Å². The lowest BCUT2D eigenvalue weighted by Gasteiger charge is -2.09. The van der Waals surface area contributed by atoms with Gasteiger partial charge in [0.05, 0.1) is 22.1 Å². The molecule has 0 fully saturated rings. The highest BCUT2D eigenvalue weighted by atomic mass is 35.5. The van der Waals surface area contributed by atoms with Crippen molar-refractivity contribution in [1.29, 1.82) is 5.26 Å². The summed E-state index contributed by atoms with van der Waals surface area (Å²) in [6, 6.07) is 11.6. The quantitative estimate of drug-likeness (QED) is 0.611. The van der Waals surface area contributed by atoms with Crippen molar-refractivity contribution in [2.24, 2.45) is 0 Å². The van der Waals surface area contributed by atoms with Crippen LogP contribution < -0.4 is 0 Å². The van der Waals surface area contributed by atoms with Crippen LogP contribution in [0.2, 0.25) is 5.02 Å². The van der Waals surface area contributed by atoms with Crippen molar-refractivity contribution in [2.45, 2.75) is 6.92 Å². The predicted octanol–water partition coefficient (Wildman–Crippen LogP) is 4.10. The van der Waals surface area contributed by atoms with E-state index in [1.807, 2.05) is 6.07 Å². The number of halogens is 1. The molecule has 0 unspecified atom stereocenters. The first-order valence-electron chi connectivity index (χ1n) is 5.48. The summed E-state index contributed by atoms with van der Waals surface area (Å²) < 4.78 is 0. The fraction of sp³-hybridized carbons (Fsp3) is 0.0714. The second kappa shape index (κ2) is 5.09. The number of nitrogens with zero attached hydrogens (tertiary/aromatic N) is 2. The molecular formula is C14H9ClN2O2. The minimum atomic E-state index is -0.434. The molecule has 94 valence electrons. The third-order valence-electron chi connectivity index (χ3n) is 2.82. The second-order valence-corrected chi connectivity index (χ2v) is 4.44. The Hall–Kier alpha value is -2.38. The number of nitro groups is 1. The van der Waals surface area contributed by atoms with Crippen molar-refractivity contribution in [1.82, 2.24) is 0 Å². The molecule has 2 aromatic carbocycles. The molecule has 0 N–H and O–H groups in total. The van der Waals surface area contributed by atoms with E-state index < -0.39 is 4.92 Å². The third kappa shape index (κ3) is 2.42. The molecule has 4 nitrogen and oxygen atoms in total. The minimum Gasteiger partial charge on any atom is -0.258 e. The minimum absolute atomic E-state index is 0.00612. The van der Waals surface area contributed by atoms with Gasteiger partial charge >= 0.3 is 0 Å². The largest absolute Gasteiger partial charge is 0.277 e. The molecule has 0 spiro atoms. The maximum atomic E-state index is 11.1. The van der Waals surface area contributed by atoms with Gasteiger partial charge in [-0.3, -0.25) is 10.1 Å². The maximum Gasteiger partial charge on any atom is 0.277 e. The SMILES string of the molecule is Cc1cccc([N+](=O)[O-])c1-c1ccc(C#N)cc1Cl. The van der Waals surface area contributed by atoms with E-state index in [9.17, 15) is 10.1 Å². The van der Waals surface area contributed by atoms with E-state index in [0.717, 1.165) is 5.56 Å². The average Bonchev–Trinajstić information content (AvgIpc) is 2.38. The molecule has 19 heavy (non-hydrogen) atoms. The number of rotatable bonds is 2. The van der Waals surface area contributed by atoms with Gasteiger partial charge in [0.25, 0.3) is 5.69 Å². The number of aryl methyl sites for hydroxylation is 1. The van der Waals surface area contributed by atoms with E-state index in [2.05, 4.69) is 0 Å². The van der Waals surface area contributed by atoms with Crippen molar-refractivity contribution in [2.75, 3.05) is 0 Å². The van der Waals surface area contributed by atoms with Crippen LogP contribution in [-0.2, 0) is 0 Å². The number of hydrogen-bond acceptors (Lipinski definition) is 3. The third-order valence-corrected chi connectivity index (χ3v) is 3.13. The van der Waals surface area contributed by atoms with Gasteiger partial charge in [0.1, 0.15) is 0 Å². The number of nitriles is 1. The van der Waals surface area contributed by atoms with Gasteiger partial charge in [-0.05, 0) is 24.6 Å². The number of hydrogen-bond donors (Lipinski definition) is 0. The van der Waals surface area contributed by atoms with Crippen LogP contribution in [0, 0.1) is 28.4 Å². The van der Waals surface area contributed by atoms with Gasteiger partial charge in [-0.25, -0.2) is 0 Å². The Bertz CT molecular complexity index is 705. The average molecular weight is 273 g/mol. The normalized spacial score (nSPS) is 9.95. The predicted molar refractivity (Wildman–Crippen MR) is 73.0 cm³/mol. The monoisotopic (exact) mass is 272 g/mol. The van der Waals surface area contributed by atoms with E-state index in [-0.39, 0.29) is 5.69 Å². The lowest BCUT2D eigenvalue weighted by atomic mass is 9.97. The second-order valence-electron chi connectivity index (χ2n) is 4.03. The Balaban J connectivity index is 2.72. The molecule has 2 rings (SSSR count). The molecule has 0 saturated heterocycles. The Labute approximate surface area is 115 Å². The molecule has 0 radical (unpaired) electrons. The van der Waals surface area contributed by atoms with Crippen LogP contribution in [0.1, 0.15) is 11.1 Å². The number of benzene rings is 2. The van der Waals surface area contributed by atoms with Gasteiger partial charge in [-0.1, -0.05) is 29.8 Å². The summed E-state index contributed by atoms with van der Waals surface area (Å²) in [5.41, 5.74) is 2.24. The summed E-state index contributed by atoms with van der Waals surface area (Å²) in [4.78, 5) is 10.7. The Morgan fingerprint density at radius 1 is 1.32 bits per heavy atom. The van der Waals surface area contributed by atoms with Crippen molar-refractivity contribution in [3.63, 3.8) is 0 Å². The fourth-order valence-electron chi connectivity index (χ4n) is 1.94. The molecule has 5 heteroatoms. The molecule has 0 atom stereocenters. The maximum absolute atomic E-state index is 11.1. The van der Waals surface area contributed by atoms with Crippen molar-refractivity contribution in [3.05, 3.63) is 62.7 Å².